The highest BCUT2D eigenvalue weighted by atomic mass is 32.2. The van der Waals surface area contributed by atoms with E-state index in [0.29, 0.717) is 11.0 Å². The van der Waals surface area contributed by atoms with Gasteiger partial charge in [0.05, 0.1) is 17.6 Å². The maximum atomic E-state index is 10.7. The van der Waals surface area contributed by atoms with Gasteiger partial charge in [0.25, 0.3) is 0 Å². The van der Waals surface area contributed by atoms with Gasteiger partial charge in [0, 0.05) is 10.6 Å². The monoisotopic (exact) mass is 230 g/mol. The number of thioether (sulfide) groups is 1. The summed E-state index contributed by atoms with van der Waals surface area (Å²) in [4.78, 5) is 1.55. The van der Waals surface area contributed by atoms with Crippen molar-refractivity contribution in [3.8, 4) is 0 Å². The normalized spacial score (nSPS) is 21.9. The molecular formula is C9H10O3S2. The maximum absolute atomic E-state index is 10.7. The Labute approximate surface area is 89.1 Å². The molecule has 1 aromatic rings. The number of hydrogen-bond acceptors (Lipinski definition) is 3. The van der Waals surface area contributed by atoms with E-state index in [-0.39, 0.29) is 0 Å². The van der Waals surface area contributed by atoms with Gasteiger partial charge >= 0.3 is 0 Å². The Kier molecular flexibility index (Phi) is 3.22. The fourth-order valence-corrected chi connectivity index (χ4v) is 2.27. The van der Waals surface area contributed by atoms with Gasteiger partial charge in [-0.1, -0.05) is 0 Å². The topological polar surface area (TPSA) is 49.8 Å². The SMILES string of the molecule is O=S(O)c1ccc(SCC2CO2)cc1. The molecule has 0 saturated carbocycles. The lowest BCUT2D eigenvalue weighted by Crippen LogP contribution is -1.90. The van der Waals surface area contributed by atoms with E-state index in [1.54, 1.807) is 23.9 Å². The van der Waals surface area contributed by atoms with Crippen LogP contribution in [0.3, 0.4) is 0 Å². The highest BCUT2D eigenvalue weighted by molar-refractivity contribution is 7.99. The van der Waals surface area contributed by atoms with Crippen LogP contribution in [0.25, 0.3) is 0 Å². The van der Waals surface area contributed by atoms with E-state index in [0.717, 1.165) is 17.3 Å². The average molecular weight is 230 g/mol. The molecule has 1 aliphatic heterocycles. The van der Waals surface area contributed by atoms with Crippen molar-refractivity contribution in [1.82, 2.24) is 0 Å². The third kappa shape index (κ3) is 2.81. The Bertz CT molecular complexity index is 332. The molecule has 0 spiro atoms. The Morgan fingerprint density at radius 1 is 1.50 bits per heavy atom. The lowest BCUT2D eigenvalue weighted by Gasteiger charge is -1.99. The highest BCUT2D eigenvalue weighted by Crippen LogP contribution is 2.24. The summed E-state index contributed by atoms with van der Waals surface area (Å²) in [6.07, 6.45) is 0.409. The minimum atomic E-state index is -1.87. The Balaban J connectivity index is 1.94. The fraction of sp³-hybridized carbons (Fsp3) is 0.333. The molecule has 1 aliphatic rings. The molecule has 2 rings (SSSR count). The van der Waals surface area contributed by atoms with E-state index in [1.807, 2.05) is 12.1 Å². The van der Waals surface area contributed by atoms with Gasteiger partial charge in [0.2, 0.25) is 0 Å². The molecule has 76 valence electrons. The summed E-state index contributed by atoms with van der Waals surface area (Å²) in [5.41, 5.74) is 0. The summed E-state index contributed by atoms with van der Waals surface area (Å²) in [5.74, 6) is 0.960. The summed E-state index contributed by atoms with van der Waals surface area (Å²) >= 11 is -0.166. The Morgan fingerprint density at radius 2 is 2.14 bits per heavy atom. The molecule has 5 heteroatoms. The smallest absolute Gasteiger partial charge is 0.186 e. The van der Waals surface area contributed by atoms with E-state index in [1.165, 1.54) is 0 Å². The molecule has 0 aliphatic carbocycles. The van der Waals surface area contributed by atoms with Gasteiger partial charge in [-0.3, -0.25) is 0 Å². The predicted molar refractivity (Wildman–Crippen MR) is 55.9 cm³/mol. The molecule has 1 fully saturated rings. The minimum absolute atomic E-state index is 0.409. The lowest BCUT2D eigenvalue weighted by molar-refractivity contribution is 0.426. The Morgan fingerprint density at radius 3 is 2.64 bits per heavy atom. The summed E-state index contributed by atoms with van der Waals surface area (Å²) in [7, 11) is 0. The van der Waals surface area contributed by atoms with E-state index in [4.69, 9.17) is 9.29 Å². The average Bonchev–Trinajstić information content (AvgIpc) is 2.99. The summed E-state index contributed by atoms with van der Waals surface area (Å²) < 4.78 is 24.5. The van der Waals surface area contributed by atoms with E-state index in [9.17, 15) is 4.21 Å². The number of rotatable bonds is 4. The molecule has 2 unspecified atom stereocenters. The number of benzene rings is 1. The molecule has 0 bridgehead atoms. The largest absolute Gasteiger partial charge is 0.372 e. The molecule has 1 heterocycles. The molecule has 0 aromatic heterocycles. The second-order valence-electron chi connectivity index (χ2n) is 2.99. The van der Waals surface area contributed by atoms with Crippen LogP contribution in [0, 0.1) is 0 Å². The van der Waals surface area contributed by atoms with Crippen LogP contribution in [0.1, 0.15) is 0 Å². The van der Waals surface area contributed by atoms with Crippen molar-refractivity contribution in [1.29, 1.82) is 0 Å². The molecule has 1 aromatic carbocycles. The third-order valence-electron chi connectivity index (χ3n) is 1.86. The number of ether oxygens (including phenoxy) is 1. The number of hydrogen-bond donors (Lipinski definition) is 1. The minimum Gasteiger partial charge on any atom is -0.372 e. The zero-order valence-corrected chi connectivity index (χ0v) is 9.01. The first-order chi connectivity index (χ1) is 6.75. The van der Waals surface area contributed by atoms with Crippen molar-refractivity contribution in [2.75, 3.05) is 12.4 Å². The predicted octanol–water partition coefficient (Wildman–Crippen LogP) is 1.76. The van der Waals surface area contributed by atoms with Gasteiger partial charge in [-0.25, -0.2) is 4.21 Å². The summed E-state index contributed by atoms with van der Waals surface area (Å²) in [6, 6.07) is 7.06. The molecule has 1 saturated heterocycles. The maximum Gasteiger partial charge on any atom is 0.186 e. The molecule has 0 radical (unpaired) electrons. The van der Waals surface area contributed by atoms with Gasteiger partial charge in [-0.05, 0) is 24.3 Å². The zero-order chi connectivity index (χ0) is 9.97. The summed E-state index contributed by atoms with van der Waals surface area (Å²) in [6.45, 7) is 0.867. The van der Waals surface area contributed by atoms with Crippen molar-refractivity contribution in [3.05, 3.63) is 24.3 Å². The van der Waals surface area contributed by atoms with Gasteiger partial charge in [0.1, 0.15) is 0 Å². The van der Waals surface area contributed by atoms with Crippen LogP contribution in [0.15, 0.2) is 34.1 Å². The van der Waals surface area contributed by atoms with Crippen LogP contribution in [-0.2, 0) is 15.8 Å². The third-order valence-corrected chi connectivity index (χ3v) is 3.68. The fourth-order valence-electron chi connectivity index (χ4n) is 1.01. The van der Waals surface area contributed by atoms with Crippen LogP contribution in [0.4, 0.5) is 0 Å². The van der Waals surface area contributed by atoms with Crippen molar-refractivity contribution in [2.24, 2.45) is 0 Å². The zero-order valence-electron chi connectivity index (χ0n) is 7.38. The first-order valence-corrected chi connectivity index (χ1v) is 6.30. The molecule has 14 heavy (non-hydrogen) atoms. The van der Waals surface area contributed by atoms with Crippen molar-refractivity contribution in [3.63, 3.8) is 0 Å². The lowest BCUT2D eigenvalue weighted by atomic mass is 10.4. The van der Waals surface area contributed by atoms with E-state index >= 15 is 0 Å². The molecule has 3 nitrogen and oxygen atoms in total. The summed E-state index contributed by atoms with van der Waals surface area (Å²) in [5, 5.41) is 0. The van der Waals surface area contributed by atoms with Crippen molar-refractivity contribution < 1.29 is 13.5 Å². The first kappa shape index (κ1) is 10.2. The van der Waals surface area contributed by atoms with Crippen molar-refractivity contribution in [2.45, 2.75) is 15.9 Å². The molecule has 0 amide bonds. The second kappa shape index (κ2) is 4.44. The van der Waals surface area contributed by atoms with E-state index in [2.05, 4.69) is 0 Å². The van der Waals surface area contributed by atoms with Crippen LogP contribution in [0.2, 0.25) is 0 Å². The van der Waals surface area contributed by atoms with Crippen LogP contribution < -0.4 is 0 Å². The van der Waals surface area contributed by atoms with Gasteiger partial charge < -0.3 is 9.29 Å². The van der Waals surface area contributed by atoms with Gasteiger partial charge in [-0.2, -0.15) is 0 Å². The molecule has 1 N–H and O–H groups in total. The molecular weight excluding hydrogens is 220 g/mol. The van der Waals surface area contributed by atoms with Crippen LogP contribution >= 0.6 is 11.8 Å². The number of epoxide rings is 1. The van der Waals surface area contributed by atoms with Gasteiger partial charge in [-0.15, -0.1) is 11.8 Å². The van der Waals surface area contributed by atoms with Crippen molar-refractivity contribution >= 4 is 22.8 Å². The van der Waals surface area contributed by atoms with Crippen LogP contribution in [-0.4, -0.2) is 27.2 Å². The quantitative estimate of drug-likeness (QED) is 0.486. The Hall–Kier alpha value is -0.360. The first-order valence-electron chi connectivity index (χ1n) is 4.21. The highest BCUT2D eigenvalue weighted by Gasteiger charge is 2.22. The second-order valence-corrected chi connectivity index (χ2v) is 5.05. The standard InChI is InChI=1S/C9H10O3S2/c10-14(11)9-3-1-8(2-4-9)13-6-7-5-12-7/h1-4,7H,5-6H2,(H,10,11). The van der Waals surface area contributed by atoms with E-state index < -0.39 is 11.1 Å². The molecule has 2 atom stereocenters. The van der Waals surface area contributed by atoms with Crippen LogP contribution in [0.5, 0.6) is 0 Å². The van der Waals surface area contributed by atoms with Gasteiger partial charge in [0.15, 0.2) is 11.1 Å².